The second-order valence-corrected chi connectivity index (χ2v) is 15.6. The van der Waals surface area contributed by atoms with Gasteiger partial charge >= 0.3 is 0 Å². The number of benzene rings is 4. The van der Waals surface area contributed by atoms with E-state index in [9.17, 15) is 14.7 Å². The molecule has 1 atom stereocenters. The number of nitrogens with zero attached hydrogens (tertiary/aromatic N) is 4. The molecule has 4 aromatic carbocycles. The summed E-state index contributed by atoms with van der Waals surface area (Å²) in [6.07, 6.45) is 4.38. The van der Waals surface area contributed by atoms with Crippen molar-refractivity contribution in [1.82, 2.24) is 19.4 Å². The van der Waals surface area contributed by atoms with Gasteiger partial charge in [-0.25, -0.2) is 4.98 Å². The van der Waals surface area contributed by atoms with Crippen molar-refractivity contribution in [2.45, 2.75) is 38.3 Å². The molecule has 1 fully saturated rings. The summed E-state index contributed by atoms with van der Waals surface area (Å²) in [4.78, 5) is 38.5. The van der Waals surface area contributed by atoms with Crippen LogP contribution in [0.2, 0.25) is 15.1 Å². The SMILES string of the molecule is CC(c1ccc(Cl)cc1Cl)n1cnc(-c2ccccc2)c1-c1c(C(=O)Nc2cc(OCCO)ccc2N2CCC(N(C)CCCOC=O)CC2)[nH]c2cc(Cl)ccc12. The number of carbonyl (C=O) groups excluding carboxylic acids is 2. The molecule has 1 saturated heterocycles. The first-order chi connectivity index (χ1) is 28.2. The normalized spacial score (nSPS) is 13.9. The molecule has 1 aliphatic heterocycles. The van der Waals surface area contributed by atoms with Gasteiger partial charge in [-0.3, -0.25) is 9.59 Å². The minimum absolute atomic E-state index is 0.108. The molecule has 7 rings (SSSR count). The zero-order chi connectivity index (χ0) is 40.8. The number of H-pyrrole nitrogens is 1. The summed E-state index contributed by atoms with van der Waals surface area (Å²) in [5.41, 5.74) is 6.18. The van der Waals surface area contributed by atoms with Crippen LogP contribution in [0.1, 0.15) is 48.3 Å². The zero-order valence-corrected chi connectivity index (χ0v) is 34.5. The third kappa shape index (κ3) is 8.99. The van der Waals surface area contributed by atoms with E-state index in [1.54, 1.807) is 18.5 Å². The molecule has 0 spiro atoms. The van der Waals surface area contributed by atoms with E-state index in [1.807, 2.05) is 84.3 Å². The van der Waals surface area contributed by atoms with Gasteiger partial charge in [-0.05, 0) is 75.2 Å². The number of aromatic nitrogens is 3. The van der Waals surface area contributed by atoms with Crippen LogP contribution in [0.3, 0.4) is 0 Å². The van der Waals surface area contributed by atoms with Crippen molar-refractivity contribution in [3.05, 3.63) is 118 Å². The molecule has 0 saturated carbocycles. The Labute approximate surface area is 352 Å². The van der Waals surface area contributed by atoms with E-state index in [0.717, 1.165) is 61.1 Å². The van der Waals surface area contributed by atoms with E-state index < -0.39 is 0 Å². The Morgan fingerprint density at radius 1 is 1.02 bits per heavy atom. The lowest BCUT2D eigenvalue weighted by Crippen LogP contribution is -2.44. The summed E-state index contributed by atoms with van der Waals surface area (Å²) in [6.45, 7) is 5.23. The first-order valence-corrected chi connectivity index (χ1v) is 20.4. The molecular formula is C44H45Cl3N6O5. The lowest BCUT2D eigenvalue weighted by atomic mass is 9.99. The highest BCUT2D eigenvalue weighted by atomic mass is 35.5. The standard InChI is InChI=1S/C44H45Cl3N6O5/c1-28(34-12-9-30(45)23-36(34)47)53-26-48-41(29-7-4-3-5-8-29)43(53)40-35-13-10-31(46)24-37(35)49-42(40)44(56)50-38-25-33(58-22-20-54)11-14-39(38)52-18-15-32(16-19-52)51(2)17-6-21-57-27-55/h3-5,7-14,23-28,32,49,54H,6,15-22H2,1-2H3,(H,50,56). The van der Waals surface area contributed by atoms with Crippen molar-refractivity contribution in [3.8, 4) is 28.3 Å². The number of hydrogen-bond donors (Lipinski definition) is 3. The van der Waals surface area contributed by atoms with E-state index in [1.165, 1.54) is 0 Å². The Hall–Kier alpha value is -5.04. The largest absolute Gasteiger partial charge is 0.491 e. The number of anilines is 2. The molecule has 302 valence electrons. The van der Waals surface area contributed by atoms with Crippen LogP contribution in [0.15, 0.2) is 91.3 Å². The number of amides is 1. The fourth-order valence-electron chi connectivity index (χ4n) is 7.79. The third-order valence-corrected chi connectivity index (χ3v) is 11.5. The molecular weight excluding hydrogens is 799 g/mol. The summed E-state index contributed by atoms with van der Waals surface area (Å²) in [7, 11) is 2.10. The van der Waals surface area contributed by atoms with Crippen molar-refractivity contribution in [2.75, 3.05) is 56.7 Å². The van der Waals surface area contributed by atoms with Crippen molar-refractivity contribution in [2.24, 2.45) is 0 Å². The predicted molar refractivity (Wildman–Crippen MR) is 232 cm³/mol. The van der Waals surface area contributed by atoms with Gasteiger partial charge in [-0.1, -0.05) is 77.3 Å². The number of rotatable bonds is 16. The van der Waals surface area contributed by atoms with Crippen molar-refractivity contribution in [3.63, 3.8) is 0 Å². The number of piperidine rings is 1. The van der Waals surface area contributed by atoms with Gasteiger partial charge in [0.2, 0.25) is 0 Å². The van der Waals surface area contributed by atoms with Crippen molar-refractivity contribution in [1.29, 1.82) is 0 Å². The maximum Gasteiger partial charge on any atom is 0.293 e. The quantitative estimate of drug-likeness (QED) is 0.0651. The molecule has 6 aromatic rings. The van der Waals surface area contributed by atoms with Gasteiger partial charge in [0.05, 0.1) is 48.3 Å². The van der Waals surface area contributed by atoms with Crippen LogP contribution >= 0.6 is 34.8 Å². The molecule has 58 heavy (non-hydrogen) atoms. The topological polar surface area (TPSA) is 125 Å². The lowest BCUT2D eigenvalue weighted by molar-refractivity contribution is -0.128. The van der Waals surface area contributed by atoms with Crippen LogP contribution in [0.25, 0.3) is 33.4 Å². The minimum Gasteiger partial charge on any atom is -0.491 e. The lowest BCUT2D eigenvalue weighted by Gasteiger charge is -2.38. The molecule has 0 bridgehead atoms. The molecule has 2 aromatic heterocycles. The number of imidazole rings is 1. The van der Waals surface area contributed by atoms with Crippen molar-refractivity contribution >= 4 is 69.5 Å². The molecule has 1 amide bonds. The molecule has 11 nitrogen and oxygen atoms in total. The molecule has 0 radical (unpaired) electrons. The average Bonchev–Trinajstić information content (AvgIpc) is 3.83. The minimum atomic E-state index is -0.376. The van der Waals surface area contributed by atoms with Gasteiger partial charge in [0.15, 0.2) is 0 Å². The fraction of sp³-hybridized carbons (Fsp3) is 0.295. The Morgan fingerprint density at radius 2 is 1.78 bits per heavy atom. The third-order valence-electron chi connectivity index (χ3n) is 10.7. The number of halogens is 3. The highest BCUT2D eigenvalue weighted by molar-refractivity contribution is 6.35. The van der Waals surface area contributed by atoms with E-state index in [2.05, 4.69) is 27.1 Å². The van der Waals surface area contributed by atoms with E-state index in [-0.39, 0.29) is 25.2 Å². The van der Waals surface area contributed by atoms with E-state index in [0.29, 0.717) is 73.8 Å². The second kappa shape index (κ2) is 18.7. The first kappa shape index (κ1) is 41.1. The van der Waals surface area contributed by atoms with Crippen LogP contribution in [-0.2, 0) is 9.53 Å². The van der Waals surface area contributed by atoms with Gasteiger partial charge in [0, 0.05) is 68.8 Å². The monoisotopic (exact) mass is 842 g/mol. The molecule has 1 unspecified atom stereocenters. The summed E-state index contributed by atoms with van der Waals surface area (Å²) in [5.74, 6) is 0.140. The Morgan fingerprint density at radius 3 is 2.52 bits per heavy atom. The smallest absolute Gasteiger partial charge is 0.293 e. The van der Waals surface area contributed by atoms with Gasteiger partial charge in [-0.2, -0.15) is 0 Å². The van der Waals surface area contributed by atoms with Crippen LogP contribution in [0.4, 0.5) is 11.4 Å². The average molecular weight is 844 g/mol. The zero-order valence-electron chi connectivity index (χ0n) is 32.3. The number of carbonyl (C=O) groups is 2. The Bertz CT molecular complexity index is 2380. The summed E-state index contributed by atoms with van der Waals surface area (Å²) in [6, 6.07) is 26.5. The maximum atomic E-state index is 14.9. The molecule has 14 heteroatoms. The molecule has 3 N–H and O–H groups in total. The molecule has 3 heterocycles. The number of aliphatic hydroxyl groups excluding tert-OH is 1. The fourth-order valence-corrected chi connectivity index (χ4v) is 8.53. The molecule has 0 aliphatic carbocycles. The van der Waals surface area contributed by atoms with Crippen LogP contribution in [-0.4, -0.2) is 89.5 Å². The number of hydrogen-bond acceptors (Lipinski definition) is 8. The number of nitrogens with one attached hydrogen (secondary N) is 2. The van der Waals surface area contributed by atoms with Crippen LogP contribution in [0.5, 0.6) is 5.75 Å². The van der Waals surface area contributed by atoms with Gasteiger partial charge < -0.3 is 39.2 Å². The number of ether oxygens (including phenoxy) is 2. The maximum absolute atomic E-state index is 14.9. The number of fused-ring (bicyclic) bond motifs is 1. The van der Waals surface area contributed by atoms with Crippen LogP contribution < -0.4 is 15.0 Å². The summed E-state index contributed by atoms with van der Waals surface area (Å²) >= 11 is 19.6. The van der Waals surface area contributed by atoms with Gasteiger partial charge in [-0.15, -0.1) is 0 Å². The highest BCUT2D eigenvalue weighted by Gasteiger charge is 2.30. The summed E-state index contributed by atoms with van der Waals surface area (Å²) in [5, 5.41) is 15.1. The van der Waals surface area contributed by atoms with Gasteiger partial charge in [0.25, 0.3) is 12.4 Å². The number of aromatic amines is 1. The second-order valence-electron chi connectivity index (χ2n) is 14.3. The predicted octanol–water partition coefficient (Wildman–Crippen LogP) is 9.36. The first-order valence-electron chi connectivity index (χ1n) is 19.2. The van der Waals surface area contributed by atoms with E-state index in [4.69, 9.17) is 49.3 Å². The van der Waals surface area contributed by atoms with Crippen molar-refractivity contribution < 1.29 is 24.2 Å². The Kier molecular flexibility index (Phi) is 13.3. The Balaban J connectivity index is 1.29. The van der Waals surface area contributed by atoms with Crippen LogP contribution in [0, 0.1) is 0 Å². The molecule has 1 aliphatic rings. The highest BCUT2D eigenvalue weighted by Crippen LogP contribution is 2.43. The van der Waals surface area contributed by atoms with E-state index >= 15 is 0 Å². The van der Waals surface area contributed by atoms with Gasteiger partial charge in [0.1, 0.15) is 18.1 Å². The summed E-state index contributed by atoms with van der Waals surface area (Å²) < 4.78 is 12.7. The number of aliphatic hydroxyl groups is 1.